The van der Waals surface area contributed by atoms with Gasteiger partial charge in [0.2, 0.25) is 0 Å². The Morgan fingerprint density at radius 1 is 0.337 bits per heavy atom. The molecular formula is C82H64O. The van der Waals surface area contributed by atoms with Crippen LogP contribution in [0.2, 0.25) is 0 Å². The predicted octanol–water partition coefficient (Wildman–Crippen LogP) is 23.2. The van der Waals surface area contributed by atoms with E-state index in [0.717, 1.165) is 28.4 Å². The van der Waals surface area contributed by atoms with E-state index in [9.17, 15) is 0 Å². The van der Waals surface area contributed by atoms with Crippen LogP contribution in [0.5, 0.6) is 0 Å². The summed E-state index contributed by atoms with van der Waals surface area (Å²) >= 11 is 0. The lowest BCUT2D eigenvalue weighted by molar-refractivity contribution is 0.591. The Kier molecular flexibility index (Phi) is 9.85. The van der Waals surface area contributed by atoms with Crippen molar-refractivity contribution < 1.29 is 4.42 Å². The molecule has 2 aliphatic rings. The summed E-state index contributed by atoms with van der Waals surface area (Å²) in [4.78, 5) is 0. The predicted molar refractivity (Wildman–Crippen MR) is 355 cm³/mol. The van der Waals surface area contributed by atoms with Gasteiger partial charge in [0.15, 0.2) is 0 Å². The molecule has 0 unspecified atom stereocenters. The first-order chi connectivity index (χ1) is 40.1. The highest BCUT2D eigenvalue weighted by atomic mass is 16.3. The molecule has 0 bridgehead atoms. The zero-order valence-electron chi connectivity index (χ0n) is 48.8. The molecule has 0 atom stereocenters. The van der Waals surface area contributed by atoms with Crippen LogP contribution in [0.1, 0.15) is 95.7 Å². The molecule has 0 fully saturated rings. The monoisotopic (exact) mass is 1060 g/mol. The third-order valence-corrected chi connectivity index (χ3v) is 19.9. The second kappa shape index (κ2) is 16.8. The van der Waals surface area contributed by atoms with Gasteiger partial charge in [-0.25, -0.2) is 0 Å². The summed E-state index contributed by atoms with van der Waals surface area (Å²) in [6.45, 7) is 21.1. The van der Waals surface area contributed by atoms with Crippen molar-refractivity contribution in [3.63, 3.8) is 0 Å². The Labute approximate surface area is 485 Å². The van der Waals surface area contributed by atoms with E-state index >= 15 is 0 Å². The number of fused-ring (bicyclic) bond motifs is 9. The van der Waals surface area contributed by atoms with Crippen LogP contribution >= 0.6 is 0 Å². The Bertz CT molecular complexity index is 5260. The van der Waals surface area contributed by atoms with Crippen LogP contribution in [0, 0.1) is 5.92 Å². The van der Waals surface area contributed by atoms with Crippen LogP contribution in [0.15, 0.2) is 211 Å². The average molecular weight is 1070 g/mol. The van der Waals surface area contributed by atoms with Crippen LogP contribution in [0.3, 0.4) is 0 Å². The number of rotatable bonds is 6. The zero-order valence-corrected chi connectivity index (χ0v) is 48.8. The van der Waals surface area contributed by atoms with Crippen LogP contribution in [0.4, 0.5) is 0 Å². The molecule has 0 saturated carbocycles. The van der Waals surface area contributed by atoms with E-state index in [2.05, 4.69) is 269 Å². The number of hydrogen-bond acceptors (Lipinski definition) is 1. The third kappa shape index (κ3) is 6.89. The normalized spacial score (nSPS) is 14.4. The van der Waals surface area contributed by atoms with Crippen LogP contribution in [-0.2, 0) is 22.7 Å². The van der Waals surface area contributed by atoms with Gasteiger partial charge in [-0.1, -0.05) is 232 Å². The van der Waals surface area contributed by atoms with E-state index in [1.54, 1.807) is 0 Å². The molecule has 0 aliphatic heterocycles. The zero-order chi connectivity index (χ0) is 56.2. The molecule has 1 nitrogen and oxygen atoms in total. The third-order valence-electron chi connectivity index (χ3n) is 19.9. The molecule has 398 valence electrons. The largest absolute Gasteiger partial charge is 0.456 e. The van der Waals surface area contributed by atoms with Crippen molar-refractivity contribution in [3.8, 4) is 66.8 Å². The summed E-state index contributed by atoms with van der Waals surface area (Å²) in [6.07, 6.45) is 1.06. The molecule has 1 heteroatoms. The average Bonchev–Trinajstić information content (AvgIpc) is 3.00. The van der Waals surface area contributed by atoms with E-state index < -0.39 is 0 Å². The minimum Gasteiger partial charge on any atom is -0.456 e. The molecule has 17 rings (SSSR count). The van der Waals surface area contributed by atoms with Gasteiger partial charge in [-0.2, -0.15) is 0 Å². The fourth-order valence-corrected chi connectivity index (χ4v) is 15.7. The van der Waals surface area contributed by atoms with Crippen molar-refractivity contribution in [3.05, 3.63) is 240 Å². The van der Waals surface area contributed by atoms with Gasteiger partial charge in [0.1, 0.15) is 11.2 Å². The topological polar surface area (TPSA) is 13.1 Å². The summed E-state index contributed by atoms with van der Waals surface area (Å²) < 4.78 is 7.40. The van der Waals surface area contributed by atoms with Gasteiger partial charge in [-0.15, -0.1) is 0 Å². The quantitative estimate of drug-likeness (QED) is 0.151. The highest BCUT2D eigenvalue weighted by molar-refractivity contribution is 6.28. The van der Waals surface area contributed by atoms with Crippen molar-refractivity contribution in [2.24, 2.45) is 5.92 Å². The van der Waals surface area contributed by atoms with Crippen molar-refractivity contribution in [2.45, 2.75) is 85.0 Å². The Morgan fingerprint density at radius 2 is 0.735 bits per heavy atom. The maximum absolute atomic E-state index is 7.40. The molecular weight excluding hydrogens is 1000 g/mol. The van der Waals surface area contributed by atoms with Crippen molar-refractivity contribution >= 4 is 86.6 Å². The minimum atomic E-state index is -0.160. The van der Waals surface area contributed by atoms with Crippen molar-refractivity contribution in [2.75, 3.05) is 0 Å². The summed E-state index contributed by atoms with van der Waals surface area (Å²) in [5, 5.41) is 17.8. The molecule has 83 heavy (non-hydrogen) atoms. The molecule has 0 amide bonds. The van der Waals surface area contributed by atoms with Crippen LogP contribution in [0.25, 0.3) is 153 Å². The van der Waals surface area contributed by atoms with E-state index in [-0.39, 0.29) is 16.2 Å². The first kappa shape index (κ1) is 48.6. The van der Waals surface area contributed by atoms with Gasteiger partial charge in [0.25, 0.3) is 0 Å². The van der Waals surface area contributed by atoms with Gasteiger partial charge >= 0.3 is 0 Å². The van der Waals surface area contributed by atoms with Gasteiger partial charge in [-0.3, -0.25) is 0 Å². The number of hydrogen-bond donors (Lipinski definition) is 0. The van der Waals surface area contributed by atoms with Crippen LogP contribution in [-0.4, -0.2) is 0 Å². The second-order valence-electron chi connectivity index (χ2n) is 27.1. The van der Waals surface area contributed by atoms with Gasteiger partial charge < -0.3 is 4.42 Å². The SMILES string of the molecule is CC(C)Cc1cc2ccc3ccc(-c4cc5oc6cc(-c7ccc8ccc9cc(C(C)(C)C)cc%10ccc7c8c9%10)c(-c7ccc8c(c7)C(C)(C)c7ccccc7-8)cc6c5cc4-c4ccc5c(c4)C(C)(C)c4ccccc4-5)c4ccc(c1)c2c34. The summed E-state index contributed by atoms with van der Waals surface area (Å²) in [7, 11) is 0. The first-order valence-electron chi connectivity index (χ1n) is 30.0. The standard InChI is InChI=1S/C82H64O/c1-45(2)34-46-35-51-20-18-47-22-28-56(62-32-26-52(36-46)76(51)78(47)62)66-43-74-68(41-64(66)49-24-30-60-58-14-10-12-16-70(58)81(6,7)72(60)39-49)69-42-65(50-25-31-61-59-15-11-13-17-71(59)82(8,9)73(61)40-50)67(44-75(69)83-74)57-29-23-48-19-21-53-37-55(80(3,4)5)38-54-27-33-63(57)79(48)77(53)54/h10-33,35-45H,34H2,1-9H3. The molecule has 1 heterocycles. The Morgan fingerprint density at radius 3 is 1.19 bits per heavy atom. The Balaban J connectivity index is 0.941. The Hall–Kier alpha value is -9.04. The maximum Gasteiger partial charge on any atom is 0.136 e. The summed E-state index contributed by atoms with van der Waals surface area (Å²) in [5.74, 6) is 0.582. The number of benzene rings is 14. The first-order valence-corrected chi connectivity index (χ1v) is 30.0. The van der Waals surface area contributed by atoms with Crippen molar-refractivity contribution in [1.82, 2.24) is 0 Å². The highest BCUT2D eigenvalue weighted by Gasteiger charge is 2.37. The van der Waals surface area contributed by atoms with E-state index in [1.807, 2.05) is 0 Å². The maximum atomic E-state index is 7.40. The van der Waals surface area contributed by atoms with Gasteiger partial charge in [0.05, 0.1) is 0 Å². The van der Waals surface area contributed by atoms with Gasteiger partial charge in [0, 0.05) is 21.6 Å². The van der Waals surface area contributed by atoms with Crippen molar-refractivity contribution in [1.29, 1.82) is 0 Å². The number of furan rings is 1. The van der Waals surface area contributed by atoms with E-state index in [4.69, 9.17) is 4.42 Å². The summed E-state index contributed by atoms with van der Waals surface area (Å²) in [6, 6.07) is 80.1. The molecule has 0 N–H and O–H groups in total. The molecule has 1 aromatic heterocycles. The lowest BCUT2D eigenvalue weighted by Gasteiger charge is -2.23. The molecule has 0 saturated heterocycles. The van der Waals surface area contributed by atoms with Gasteiger partial charge in [-0.05, 0) is 219 Å². The lowest BCUT2D eigenvalue weighted by atomic mass is 9.80. The smallest absolute Gasteiger partial charge is 0.136 e. The van der Waals surface area contributed by atoms with Crippen LogP contribution < -0.4 is 0 Å². The molecule has 14 aromatic carbocycles. The lowest BCUT2D eigenvalue weighted by Crippen LogP contribution is -2.14. The molecule has 0 radical (unpaired) electrons. The van der Waals surface area contributed by atoms with E-state index in [1.165, 1.54) is 165 Å². The minimum absolute atomic E-state index is 0.0318. The molecule has 0 spiro atoms. The fraction of sp³-hybridized carbons (Fsp3) is 0.171. The second-order valence-corrected chi connectivity index (χ2v) is 27.1. The fourth-order valence-electron chi connectivity index (χ4n) is 15.7. The summed E-state index contributed by atoms with van der Waals surface area (Å²) in [5.41, 5.74) is 24.6. The molecule has 15 aromatic rings. The highest BCUT2D eigenvalue weighted by Crippen LogP contribution is 2.54. The molecule has 2 aliphatic carbocycles. The van der Waals surface area contributed by atoms with E-state index in [0.29, 0.717) is 5.92 Å².